The molecule has 0 radical (unpaired) electrons. The van der Waals surface area contributed by atoms with Crippen LogP contribution in [-0.4, -0.2) is 10.1 Å². The van der Waals surface area contributed by atoms with Gasteiger partial charge in [-0.25, -0.2) is 0 Å². The lowest BCUT2D eigenvalue weighted by Gasteiger charge is -2.59. The summed E-state index contributed by atoms with van der Waals surface area (Å²) in [6.45, 7) is 7.39. The fraction of sp³-hybridized carbons (Fsp3) is 0.720. The highest BCUT2D eigenvalue weighted by molar-refractivity contribution is 5.29. The summed E-state index contributed by atoms with van der Waals surface area (Å²) < 4.78 is 0. The van der Waals surface area contributed by atoms with Crippen molar-refractivity contribution in [2.45, 2.75) is 77.7 Å². The summed E-state index contributed by atoms with van der Waals surface area (Å²) >= 11 is 0. The van der Waals surface area contributed by atoms with Crippen molar-refractivity contribution in [2.24, 2.45) is 34.5 Å². The maximum Gasteiger partial charge on any atom is 0.0967 e. The maximum atomic E-state index is 11.9. The lowest BCUT2D eigenvalue weighted by molar-refractivity contribution is -0.128. The number of nitrogens with zero attached hydrogens (tertiary/aromatic N) is 1. The summed E-state index contributed by atoms with van der Waals surface area (Å²) in [5.74, 6) is 3.06. The largest absolute Gasteiger partial charge is 0.385 e. The number of hydrogen-bond acceptors (Lipinski definition) is 2. The zero-order chi connectivity index (χ0) is 18.9. The minimum absolute atomic E-state index is 0.0130. The van der Waals surface area contributed by atoms with Gasteiger partial charge in [0.25, 0.3) is 0 Å². The molecule has 1 aromatic rings. The van der Waals surface area contributed by atoms with Crippen molar-refractivity contribution >= 4 is 0 Å². The highest BCUT2D eigenvalue weighted by atomic mass is 16.3. The molecule has 0 aliphatic heterocycles. The van der Waals surface area contributed by atoms with Gasteiger partial charge in [-0.2, -0.15) is 0 Å². The highest BCUT2D eigenvalue weighted by Crippen LogP contribution is 2.69. The Kier molecular flexibility index (Phi) is 3.93. The van der Waals surface area contributed by atoms with Crippen LogP contribution in [0.25, 0.3) is 0 Å². The minimum atomic E-state index is -0.705. The quantitative estimate of drug-likeness (QED) is 0.632. The Bertz CT molecular complexity index is 757. The van der Waals surface area contributed by atoms with Gasteiger partial charge in [-0.3, -0.25) is 4.98 Å². The standard InChI is InChI=1S/C25H35NO/c1-17-8-11-23(2)18(15-17)6-7-20-21(23)9-12-24(3)22(20)10-13-25(24,27)19-5-4-14-26-16-19/h4-6,14,16-17,20-22,27H,7-13,15H2,1-3H3. The van der Waals surface area contributed by atoms with Gasteiger partial charge in [0, 0.05) is 23.4 Å². The second-order valence-corrected chi connectivity index (χ2v) is 10.7. The summed E-state index contributed by atoms with van der Waals surface area (Å²) in [6, 6.07) is 4.07. The van der Waals surface area contributed by atoms with Gasteiger partial charge in [0.2, 0.25) is 0 Å². The van der Waals surface area contributed by atoms with Gasteiger partial charge in [0.1, 0.15) is 0 Å². The zero-order valence-corrected chi connectivity index (χ0v) is 17.2. The minimum Gasteiger partial charge on any atom is -0.385 e. The molecule has 0 bridgehead atoms. The molecule has 0 amide bonds. The molecule has 5 rings (SSSR count). The summed E-state index contributed by atoms with van der Waals surface area (Å²) in [6.07, 6.45) is 16.2. The Morgan fingerprint density at radius 1 is 1.07 bits per heavy atom. The van der Waals surface area contributed by atoms with Crippen molar-refractivity contribution in [1.82, 2.24) is 4.98 Å². The van der Waals surface area contributed by atoms with Gasteiger partial charge in [-0.15, -0.1) is 0 Å². The average Bonchev–Trinajstić information content (AvgIpc) is 2.95. The molecule has 146 valence electrons. The molecule has 1 aromatic heterocycles. The lowest BCUT2D eigenvalue weighted by Crippen LogP contribution is -2.53. The van der Waals surface area contributed by atoms with Gasteiger partial charge in [0.05, 0.1) is 5.60 Å². The molecule has 7 atom stereocenters. The van der Waals surface area contributed by atoms with Crippen LogP contribution >= 0.6 is 0 Å². The van der Waals surface area contributed by atoms with E-state index in [1.807, 2.05) is 18.5 Å². The van der Waals surface area contributed by atoms with E-state index in [4.69, 9.17) is 0 Å². The molecule has 4 aliphatic carbocycles. The van der Waals surface area contributed by atoms with E-state index in [0.717, 1.165) is 36.2 Å². The van der Waals surface area contributed by atoms with E-state index in [1.54, 1.807) is 5.57 Å². The van der Waals surface area contributed by atoms with Gasteiger partial charge in [-0.05, 0) is 86.5 Å². The van der Waals surface area contributed by atoms with Crippen molar-refractivity contribution in [3.63, 3.8) is 0 Å². The Morgan fingerprint density at radius 2 is 1.89 bits per heavy atom. The van der Waals surface area contributed by atoms with Crippen LogP contribution in [0, 0.1) is 34.5 Å². The number of aliphatic hydroxyl groups is 1. The molecule has 3 saturated carbocycles. The van der Waals surface area contributed by atoms with Gasteiger partial charge >= 0.3 is 0 Å². The van der Waals surface area contributed by atoms with Crippen LogP contribution in [0.5, 0.6) is 0 Å². The fourth-order valence-corrected chi connectivity index (χ4v) is 7.94. The molecule has 1 N–H and O–H groups in total. The van der Waals surface area contributed by atoms with Crippen molar-refractivity contribution in [2.75, 3.05) is 0 Å². The summed E-state index contributed by atoms with van der Waals surface area (Å²) in [5, 5.41) is 11.9. The third-order valence-corrected chi connectivity index (χ3v) is 9.64. The van der Waals surface area contributed by atoms with Crippen molar-refractivity contribution in [3.05, 3.63) is 41.7 Å². The number of allylic oxidation sites excluding steroid dienone is 2. The van der Waals surface area contributed by atoms with Crippen LogP contribution in [0.15, 0.2) is 36.2 Å². The number of aromatic nitrogens is 1. The molecule has 7 unspecified atom stereocenters. The van der Waals surface area contributed by atoms with E-state index >= 15 is 0 Å². The normalized spacial score (nSPS) is 49.0. The molecule has 0 spiro atoms. The van der Waals surface area contributed by atoms with E-state index in [9.17, 15) is 5.11 Å². The van der Waals surface area contributed by atoms with E-state index in [2.05, 4.69) is 37.9 Å². The number of hydrogen-bond donors (Lipinski definition) is 1. The van der Waals surface area contributed by atoms with Crippen LogP contribution in [0.2, 0.25) is 0 Å². The molecule has 1 heterocycles. The Hall–Kier alpha value is -1.15. The molecular weight excluding hydrogens is 330 g/mol. The molecule has 4 aliphatic rings. The van der Waals surface area contributed by atoms with E-state index in [1.165, 1.54) is 38.5 Å². The van der Waals surface area contributed by atoms with E-state index < -0.39 is 5.60 Å². The van der Waals surface area contributed by atoms with Gasteiger partial charge < -0.3 is 5.11 Å². The second-order valence-electron chi connectivity index (χ2n) is 10.7. The number of rotatable bonds is 1. The van der Waals surface area contributed by atoms with Crippen LogP contribution in [0.4, 0.5) is 0 Å². The van der Waals surface area contributed by atoms with Crippen LogP contribution in [0.1, 0.15) is 77.7 Å². The molecule has 2 heteroatoms. The predicted octanol–water partition coefficient (Wildman–Crippen LogP) is 5.87. The first-order valence-electron chi connectivity index (χ1n) is 11.2. The third kappa shape index (κ3) is 2.32. The molecule has 0 aromatic carbocycles. The van der Waals surface area contributed by atoms with Gasteiger partial charge in [-0.1, -0.05) is 38.5 Å². The molecule has 2 nitrogen and oxygen atoms in total. The monoisotopic (exact) mass is 365 g/mol. The van der Waals surface area contributed by atoms with E-state index in [0.29, 0.717) is 11.3 Å². The molecule has 3 fully saturated rings. The molecule has 27 heavy (non-hydrogen) atoms. The molecular formula is C25H35NO. The predicted molar refractivity (Wildman–Crippen MR) is 109 cm³/mol. The smallest absolute Gasteiger partial charge is 0.0967 e. The molecule has 0 saturated heterocycles. The number of fused-ring (bicyclic) bond motifs is 5. The zero-order valence-electron chi connectivity index (χ0n) is 17.2. The lowest BCUT2D eigenvalue weighted by atomic mass is 9.46. The topological polar surface area (TPSA) is 33.1 Å². The highest BCUT2D eigenvalue weighted by Gasteiger charge is 2.64. The van der Waals surface area contributed by atoms with Crippen LogP contribution in [0.3, 0.4) is 0 Å². The summed E-state index contributed by atoms with van der Waals surface area (Å²) in [4.78, 5) is 4.33. The average molecular weight is 366 g/mol. The SMILES string of the molecule is CC1CCC2(C)C(=CCC3C2CCC2(C)C3CCC2(O)c2cccnc2)C1. The summed E-state index contributed by atoms with van der Waals surface area (Å²) in [5.41, 5.74) is 2.51. The first kappa shape index (κ1) is 17.9. The maximum absolute atomic E-state index is 11.9. The van der Waals surface area contributed by atoms with E-state index in [-0.39, 0.29) is 5.41 Å². The van der Waals surface area contributed by atoms with Crippen molar-refractivity contribution in [3.8, 4) is 0 Å². The van der Waals surface area contributed by atoms with Crippen LogP contribution in [-0.2, 0) is 5.60 Å². The Balaban J connectivity index is 1.51. The third-order valence-electron chi connectivity index (χ3n) is 9.64. The second kappa shape index (κ2) is 5.92. The van der Waals surface area contributed by atoms with Crippen molar-refractivity contribution in [1.29, 1.82) is 0 Å². The Labute approximate surface area is 164 Å². The first-order valence-corrected chi connectivity index (χ1v) is 11.2. The fourth-order valence-electron chi connectivity index (χ4n) is 7.94. The first-order chi connectivity index (χ1) is 12.9. The van der Waals surface area contributed by atoms with Gasteiger partial charge in [0.15, 0.2) is 0 Å². The Morgan fingerprint density at radius 3 is 2.67 bits per heavy atom. The summed E-state index contributed by atoms with van der Waals surface area (Å²) in [7, 11) is 0. The number of pyridine rings is 1. The van der Waals surface area contributed by atoms with Crippen molar-refractivity contribution < 1.29 is 5.11 Å². The van der Waals surface area contributed by atoms with Crippen LogP contribution < -0.4 is 0 Å².